The first-order valence-corrected chi connectivity index (χ1v) is 6.68. The molecule has 0 saturated heterocycles. The van der Waals surface area contributed by atoms with Crippen molar-refractivity contribution >= 4 is 17.7 Å². The summed E-state index contributed by atoms with van der Waals surface area (Å²) in [7, 11) is 0. The number of aromatic nitrogens is 2. The standard InChI is InChI=1S/C13H22N4O3/c1-5-10(4)16(8-12(18)19)13(20)15-11-6-14-17(7-11)9(2)3/h6-7,9-10H,5,8H2,1-4H3,(H,15,20)(H,18,19). The van der Waals surface area contributed by atoms with E-state index < -0.39 is 12.0 Å². The molecule has 0 aliphatic carbocycles. The van der Waals surface area contributed by atoms with Crippen LogP contribution in [0.15, 0.2) is 12.4 Å². The van der Waals surface area contributed by atoms with Gasteiger partial charge >= 0.3 is 12.0 Å². The molecule has 1 heterocycles. The van der Waals surface area contributed by atoms with Crippen molar-refractivity contribution in [3.63, 3.8) is 0 Å². The minimum Gasteiger partial charge on any atom is -0.480 e. The minimum atomic E-state index is -1.03. The summed E-state index contributed by atoms with van der Waals surface area (Å²) in [5.41, 5.74) is 0.558. The van der Waals surface area contributed by atoms with Gasteiger partial charge in [-0.15, -0.1) is 0 Å². The largest absolute Gasteiger partial charge is 0.480 e. The van der Waals surface area contributed by atoms with Crippen molar-refractivity contribution in [3.05, 3.63) is 12.4 Å². The van der Waals surface area contributed by atoms with Gasteiger partial charge in [0.2, 0.25) is 0 Å². The highest BCUT2D eigenvalue weighted by Crippen LogP contribution is 2.12. The maximum Gasteiger partial charge on any atom is 0.323 e. The SMILES string of the molecule is CCC(C)N(CC(=O)O)C(=O)Nc1cnn(C(C)C)c1. The molecule has 2 amide bonds. The van der Waals surface area contributed by atoms with E-state index in [0.717, 1.165) is 0 Å². The second-order valence-electron chi connectivity index (χ2n) is 5.01. The van der Waals surface area contributed by atoms with E-state index in [4.69, 9.17) is 5.11 Å². The van der Waals surface area contributed by atoms with Gasteiger partial charge < -0.3 is 15.3 Å². The molecule has 7 nitrogen and oxygen atoms in total. The molecule has 0 spiro atoms. The molecule has 7 heteroatoms. The third-order valence-corrected chi connectivity index (χ3v) is 3.07. The molecular formula is C13H22N4O3. The number of carbonyl (C=O) groups excluding carboxylic acids is 1. The molecule has 1 atom stereocenters. The molecule has 1 unspecified atom stereocenters. The minimum absolute atomic E-state index is 0.147. The van der Waals surface area contributed by atoms with E-state index in [9.17, 15) is 9.59 Å². The smallest absolute Gasteiger partial charge is 0.323 e. The molecule has 1 rings (SSSR count). The monoisotopic (exact) mass is 282 g/mol. The molecule has 0 bridgehead atoms. The van der Waals surface area contributed by atoms with E-state index in [2.05, 4.69) is 10.4 Å². The molecule has 0 aromatic carbocycles. The van der Waals surface area contributed by atoms with Crippen molar-refractivity contribution in [3.8, 4) is 0 Å². The van der Waals surface area contributed by atoms with Crippen LogP contribution in [0.25, 0.3) is 0 Å². The second-order valence-corrected chi connectivity index (χ2v) is 5.01. The third kappa shape index (κ3) is 4.25. The maximum atomic E-state index is 12.1. The predicted octanol–water partition coefficient (Wildman–Crippen LogP) is 2.18. The number of amides is 2. The number of aliphatic carboxylic acids is 1. The lowest BCUT2D eigenvalue weighted by Crippen LogP contribution is -2.44. The molecule has 20 heavy (non-hydrogen) atoms. The summed E-state index contributed by atoms with van der Waals surface area (Å²) in [5, 5.41) is 15.7. The van der Waals surface area contributed by atoms with Crippen molar-refractivity contribution in [1.29, 1.82) is 0 Å². The fraction of sp³-hybridized carbons (Fsp3) is 0.615. The number of nitrogens with one attached hydrogen (secondary N) is 1. The van der Waals surface area contributed by atoms with Gasteiger partial charge in [-0.2, -0.15) is 5.10 Å². The maximum absolute atomic E-state index is 12.1. The van der Waals surface area contributed by atoms with Gasteiger partial charge in [-0.3, -0.25) is 9.48 Å². The summed E-state index contributed by atoms with van der Waals surface area (Å²) in [6, 6.07) is -0.373. The number of carboxylic acids is 1. The second kappa shape index (κ2) is 6.93. The molecule has 1 aromatic heterocycles. The Kier molecular flexibility index (Phi) is 5.54. The van der Waals surface area contributed by atoms with Crippen LogP contribution in [0.2, 0.25) is 0 Å². The fourth-order valence-corrected chi connectivity index (χ4v) is 1.67. The highest BCUT2D eigenvalue weighted by Gasteiger charge is 2.22. The van der Waals surface area contributed by atoms with Crippen LogP contribution in [-0.2, 0) is 4.79 Å². The van der Waals surface area contributed by atoms with Crippen LogP contribution in [0.3, 0.4) is 0 Å². The highest BCUT2D eigenvalue weighted by molar-refractivity contribution is 5.91. The Morgan fingerprint density at radius 2 is 2.10 bits per heavy atom. The van der Waals surface area contributed by atoms with Gasteiger partial charge in [-0.1, -0.05) is 6.92 Å². The number of carbonyl (C=O) groups is 2. The topological polar surface area (TPSA) is 87.5 Å². The van der Waals surface area contributed by atoms with Gasteiger partial charge in [0.05, 0.1) is 11.9 Å². The molecule has 0 saturated carbocycles. The van der Waals surface area contributed by atoms with Crippen molar-refractivity contribution in [1.82, 2.24) is 14.7 Å². The zero-order valence-electron chi connectivity index (χ0n) is 12.3. The van der Waals surface area contributed by atoms with Crippen LogP contribution in [0.4, 0.5) is 10.5 Å². The predicted molar refractivity (Wildman–Crippen MR) is 75.7 cm³/mol. The summed E-state index contributed by atoms with van der Waals surface area (Å²) >= 11 is 0. The van der Waals surface area contributed by atoms with Gasteiger partial charge in [0.15, 0.2) is 0 Å². The van der Waals surface area contributed by atoms with E-state index in [0.29, 0.717) is 12.1 Å². The zero-order valence-corrected chi connectivity index (χ0v) is 12.3. The molecule has 0 radical (unpaired) electrons. The molecule has 2 N–H and O–H groups in total. The summed E-state index contributed by atoms with van der Waals surface area (Å²) in [6.45, 7) is 7.37. The zero-order chi connectivity index (χ0) is 15.3. The number of hydrogen-bond acceptors (Lipinski definition) is 3. The first kappa shape index (κ1) is 16.0. The average Bonchev–Trinajstić information content (AvgIpc) is 2.83. The molecule has 0 aliphatic rings. The summed E-state index contributed by atoms with van der Waals surface area (Å²) in [5.74, 6) is -1.03. The summed E-state index contributed by atoms with van der Waals surface area (Å²) in [4.78, 5) is 24.3. The van der Waals surface area contributed by atoms with E-state index >= 15 is 0 Å². The Morgan fingerprint density at radius 1 is 1.45 bits per heavy atom. The van der Waals surface area contributed by atoms with Gasteiger partial charge in [0.1, 0.15) is 6.54 Å². The Morgan fingerprint density at radius 3 is 2.55 bits per heavy atom. The van der Waals surface area contributed by atoms with E-state index in [1.807, 2.05) is 27.7 Å². The number of rotatable bonds is 6. The lowest BCUT2D eigenvalue weighted by Gasteiger charge is -2.26. The van der Waals surface area contributed by atoms with Crippen LogP contribution in [0.5, 0.6) is 0 Å². The number of anilines is 1. The quantitative estimate of drug-likeness (QED) is 0.837. The van der Waals surface area contributed by atoms with Crippen LogP contribution < -0.4 is 5.32 Å². The van der Waals surface area contributed by atoms with Crippen molar-refractivity contribution in [2.24, 2.45) is 0 Å². The van der Waals surface area contributed by atoms with E-state index in [-0.39, 0.29) is 18.6 Å². The van der Waals surface area contributed by atoms with Crippen LogP contribution in [0.1, 0.15) is 40.2 Å². The first-order valence-electron chi connectivity index (χ1n) is 6.68. The Balaban J connectivity index is 2.76. The number of carboxylic acid groups (broad SMARTS) is 1. The van der Waals surface area contributed by atoms with Crippen LogP contribution in [0, 0.1) is 0 Å². The molecule has 0 fully saturated rings. The normalized spacial score (nSPS) is 12.2. The summed E-state index contributed by atoms with van der Waals surface area (Å²) in [6.07, 6.45) is 3.96. The Hall–Kier alpha value is -2.05. The highest BCUT2D eigenvalue weighted by atomic mass is 16.4. The van der Waals surface area contributed by atoms with Gasteiger partial charge in [0, 0.05) is 18.3 Å². The van der Waals surface area contributed by atoms with Crippen LogP contribution in [-0.4, -0.2) is 44.4 Å². The van der Waals surface area contributed by atoms with Crippen molar-refractivity contribution in [2.45, 2.75) is 46.2 Å². The molecule has 1 aromatic rings. The molecule has 0 aliphatic heterocycles. The van der Waals surface area contributed by atoms with Gasteiger partial charge in [-0.05, 0) is 27.2 Å². The van der Waals surface area contributed by atoms with Gasteiger partial charge in [0.25, 0.3) is 0 Å². The number of urea groups is 1. The van der Waals surface area contributed by atoms with Gasteiger partial charge in [-0.25, -0.2) is 4.79 Å². The number of nitrogens with zero attached hydrogens (tertiary/aromatic N) is 3. The lowest BCUT2D eigenvalue weighted by molar-refractivity contribution is -0.138. The average molecular weight is 282 g/mol. The van der Waals surface area contributed by atoms with E-state index in [1.165, 1.54) is 4.90 Å². The molecular weight excluding hydrogens is 260 g/mol. The fourth-order valence-electron chi connectivity index (χ4n) is 1.67. The lowest BCUT2D eigenvalue weighted by atomic mass is 10.2. The summed E-state index contributed by atoms with van der Waals surface area (Å²) < 4.78 is 1.72. The third-order valence-electron chi connectivity index (χ3n) is 3.07. The first-order chi connectivity index (χ1) is 9.35. The van der Waals surface area contributed by atoms with Crippen molar-refractivity contribution < 1.29 is 14.7 Å². The number of hydrogen-bond donors (Lipinski definition) is 2. The Labute approximate surface area is 118 Å². The molecule has 112 valence electrons. The van der Waals surface area contributed by atoms with Crippen LogP contribution >= 0.6 is 0 Å². The van der Waals surface area contributed by atoms with E-state index in [1.54, 1.807) is 17.1 Å². The van der Waals surface area contributed by atoms with Crippen molar-refractivity contribution in [2.75, 3.05) is 11.9 Å². The Bertz CT molecular complexity index is 470.